The van der Waals surface area contributed by atoms with Gasteiger partial charge >= 0.3 is 0 Å². The first-order valence-electron chi connectivity index (χ1n) is 3.78. The molecule has 12 heavy (non-hydrogen) atoms. The molecule has 1 aromatic carbocycles. The second-order valence-electron chi connectivity index (χ2n) is 2.77. The molecular weight excluding hydrogens is 168 g/mol. The van der Waals surface area contributed by atoms with Crippen molar-refractivity contribution < 1.29 is 4.42 Å². The summed E-state index contributed by atoms with van der Waals surface area (Å²) in [5, 5.41) is 4.58. The van der Waals surface area contributed by atoms with Gasteiger partial charge in [0.25, 0.3) is 0 Å². The van der Waals surface area contributed by atoms with E-state index in [0.717, 1.165) is 5.58 Å². The Labute approximate surface area is 73.2 Å². The molecule has 0 bridgehead atoms. The normalized spacial score (nSPS) is 11.3. The van der Waals surface area contributed by atoms with E-state index in [0.29, 0.717) is 0 Å². The zero-order valence-corrected chi connectivity index (χ0v) is 7.10. The average molecular weight is 174 g/mol. The van der Waals surface area contributed by atoms with Gasteiger partial charge in [0.1, 0.15) is 5.58 Å². The van der Waals surface area contributed by atoms with Crippen molar-refractivity contribution in [3.8, 4) is 0 Å². The lowest BCUT2D eigenvalue weighted by atomic mass is 10.2. The molecule has 0 aliphatic carbocycles. The lowest BCUT2D eigenvalue weighted by Gasteiger charge is -1.88. The molecular formula is C10H6OS. The second kappa shape index (κ2) is 2.11. The van der Waals surface area contributed by atoms with Crippen molar-refractivity contribution in [1.29, 1.82) is 0 Å². The first-order chi connectivity index (χ1) is 5.93. The van der Waals surface area contributed by atoms with Gasteiger partial charge < -0.3 is 4.42 Å². The number of rotatable bonds is 0. The van der Waals surface area contributed by atoms with E-state index in [1.165, 1.54) is 15.5 Å². The number of hydrogen-bond acceptors (Lipinski definition) is 2. The quantitative estimate of drug-likeness (QED) is 0.507. The Bertz CT molecular complexity index is 442. The first kappa shape index (κ1) is 6.26. The predicted molar refractivity (Wildman–Crippen MR) is 51.6 cm³/mol. The van der Waals surface area contributed by atoms with Crippen LogP contribution in [0.1, 0.15) is 0 Å². The van der Waals surface area contributed by atoms with E-state index in [4.69, 9.17) is 4.42 Å². The molecule has 2 aromatic heterocycles. The Morgan fingerprint density at radius 3 is 3.08 bits per heavy atom. The molecule has 2 heteroatoms. The van der Waals surface area contributed by atoms with Crippen LogP contribution in [-0.2, 0) is 0 Å². The van der Waals surface area contributed by atoms with E-state index in [1.807, 2.05) is 6.07 Å². The van der Waals surface area contributed by atoms with Crippen LogP contribution in [0.15, 0.2) is 40.3 Å². The van der Waals surface area contributed by atoms with Gasteiger partial charge in [-0.1, -0.05) is 0 Å². The summed E-state index contributed by atoms with van der Waals surface area (Å²) in [5.41, 5.74) is 0.977. The second-order valence-corrected chi connectivity index (χ2v) is 3.72. The summed E-state index contributed by atoms with van der Waals surface area (Å²) in [6.45, 7) is 0. The predicted octanol–water partition coefficient (Wildman–Crippen LogP) is 3.65. The van der Waals surface area contributed by atoms with Gasteiger partial charge in [0.15, 0.2) is 0 Å². The minimum absolute atomic E-state index is 0.977. The maximum absolute atomic E-state index is 5.30. The summed E-state index contributed by atoms with van der Waals surface area (Å²) in [6, 6.07) is 8.37. The fourth-order valence-electron chi connectivity index (χ4n) is 1.42. The van der Waals surface area contributed by atoms with E-state index >= 15 is 0 Å². The fourth-order valence-corrected chi connectivity index (χ4v) is 2.22. The van der Waals surface area contributed by atoms with Gasteiger partial charge in [0.2, 0.25) is 0 Å². The number of hydrogen-bond donors (Lipinski definition) is 0. The Morgan fingerprint density at radius 2 is 2.08 bits per heavy atom. The molecule has 0 unspecified atom stereocenters. The summed E-state index contributed by atoms with van der Waals surface area (Å²) in [6.07, 6.45) is 1.73. The highest BCUT2D eigenvalue weighted by molar-refractivity contribution is 7.17. The third-order valence-electron chi connectivity index (χ3n) is 2.03. The van der Waals surface area contributed by atoms with Crippen LogP contribution in [0.4, 0.5) is 0 Å². The summed E-state index contributed by atoms with van der Waals surface area (Å²) >= 11 is 1.75. The van der Waals surface area contributed by atoms with Crippen LogP contribution in [0.5, 0.6) is 0 Å². The van der Waals surface area contributed by atoms with Crippen molar-refractivity contribution in [2.75, 3.05) is 0 Å². The van der Waals surface area contributed by atoms with Crippen LogP contribution in [0.25, 0.3) is 21.1 Å². The van der Waals surface area contributed by atoms with Gasteiger partial charge in [-0.3, -0.25) is 0 Å². The summed E-state index contributed by atoms with van der Waals surface area (Å²) in [4.78, 5) is 0. The molecule has 1 nitrogen and oxygen atoms in total. The number of furan rings is 1. The van der Waals surface area contributed by atoms with Crippen LogP contribution in [0.2, 0.25) is 0 Å². The van der Waals surface area contributed by atoms with Crippen molar-refractivity contribution in [3.63, 3.8) is 0 Å². The van der Waals surface area contributed by atoms with Crippen molar-refractivity contribution >= 4 is 32.4 Å². The molecule has 0 saturated carbocycles. The maximum atomic E-state index is 5.30. The summed E-state index contributed by atoms with van der Waals surface area (Å²) in [7, 11) is 0. The minimum Gasteiger partial charge on any atom is -0.464 e. The third-order valence-corrected chi connectivity index (χ3v) is 2.91. The van der Waals surface area contributed by atoms with Gasteiger partial charge in [-0.25, -0.2) is 0 Å². The molecule has 0 N–H and O–H groups in total. The topological polar surface area (TPSA) is 13.1 Å². The van der Waals surface area contributed by atoms with Crippen molar-refractivity contribution in [3.05, 3.63) is 35.9 Å². The first-order valence-corrected chi connectivity index (χ1v) is 4.66. The van der Waals surface area contributed by atoms with E-state index in [2.05, 4.69) is 23.6 Å². The molecule has 2 heterocycles. The average Bonchev–Trinajstić information content (AvgIpc) is 2.64. The van der Waals surface area contributed by atoms with Crippen LogP contribution in [0, 0.1) is 0 Å². The summed E-state index contributed by atoms with van der Waals surface area (Å²) in [5.74, 6) is 0. The van der Waals surface area contributed by atoms with E-state index < -0.39 is 0 Å². The number of fused-ring (bicyclic) bond motifs is 2. The lowest BCUT2D eigenvalue weighted by molar-refractivity contribution is 0.616. The van der Waals surface area contributed by atoms with Crippen LogP contribution >= 0.6 is 11.3 Å². The molecule has 0 amide bonds. The molecule has 0 radical (unpaired) electrons. The molecule has 0 atom stereocenters. The van der Waals surface area contributed by atoms with E-state index in [-0.39, 0.29) is 0 Å². The monoisotopic (exact) mass is 174 g/mol. The van der Waals surface area contributed by atoms with Crippen LogP contribution in [0.3, 0.4) is 0 Å². The van der Waals surface area contributed by atoms with E-state index in [1.54, 1.807) is 17.6 Å². The molecule has 58 valence electrons. The third kappa shape index (κ3) is 0.728. The van der Waals surface area contributed by atoms with Gasteiger partial charge in [-0.15, -0.1) is 11.3 Å². The zero-order valence-electron chi connectivity index (χ0n) is 6.28. The molecule has 0 aliphatic heterocycles. The lowest BCUT2D eigenvalue weighted by Crippen LogP contribution is -1.62. The van der Waals surface area contributed by atoms with Crippen molar-refractivity contribution in [1.82, 2.24) is 0 Å². The summed E-state index contributed by atoms with van der Waals surface area (Å²) < 4.78 is 6.59. The van der Waals surface area contributed by atoms with Gasteiger partial charge in [0, 0.05) is 10.1 Å². The SMILES string of the molecule is c1cc2cc3ccsc3cc2o1. The molecule has 0 fully saturated rings. The highest BCUT2D eigenvalue weighted by Crippen LogP contribution is 2.26. The zero-order chi connectivity index (χ0) is 7.97. The standard InChI is InChI=1S/C10H6OS/c1-3-11-9-6-10-8(2-4-12-10)5-7(1)9/h1-6H. The van der Waals surface area contributed by atoms with Crippen LogP contribution < -0.4 is 0 Å². The molecule has 0 saturated heterocycles. The highest BCUT2D eigenvalue weighted by atomic mass is 32.1. The van der Waals surface area contributed by atoms with Gasteiger partial charge in [-0.05, 0) is 35.0 Å². The molecule has 0 aliphatic rings. The number of benzene rings is 1. The van der Waals surface area contributed by atoms with E-state index in [9.17, 15) is 0 Å². The van der Waals surface area contributed by atoms with Crippen LogP contribution in [-0.4, -0.2) is 0 Å². The van der Waals surface area contributed by atoms with Crippen molar-refractivity contribution in [2.45, 2.75) is 0 Å². The Kier molecular flexibility index (Phi) is 1.10. The highest BCUT2D eigenvalue weighted by Gasteiger charge is 1.99. The molecule has 0 spiro atoms. The molecule has 3 aromatic rings. The van der Waals surface area contributed by atoms with Gasteiger partial charge in [0.05, 0.1) is 6.26 Å². The Balaban J connectivity index is 2.62. The Hall–Kier alpha value is -1.28. The maximum Gasteiger partial charge on any atom is 0.135 e. The molecule has 3 rings (SSSR count). The minimum atomic E-state index is 0.977. The fraction of sp³-hybridized carbons (Fsp3) is 0. The van der Waals surface area contributed by atoms with Gasteiger partial charge in [-0.2, -0.15) is 0 Å². The number of thiophene rings is 1. The van der Waals surface area contributed by atoms with Crippen molar-refractivity contribution in [2.24, 2.45) is 0 Å². The largest absolute Gasteiger partial charge is 0.464 e. The Morgan fingerprint density at radius 1 is 1.08 bits per heavy atom. The smallest absolute Gasteiger partial charge is 0.135 e.